The number of hydrogen-bond acceptors (Lipinski definition) is 4. The first-order chi connectivity index (χ1) is 12.7. The lowest BCUT2D eigenvalue weighted by molar-refractivity contribution is -0.107. The quantitative estimate of drug-likeness (QED) is 0.839. The van der Waals surface area contributed by atoms with Gasteiger partial charge in [-0.3, -0.25) is 14.8 Å². The molecule has 2 saturated heterocycles. The van der Waals surface area contributed by atoms with Gasteiger partial charge in [-0.25, -0.2) is 8.78 Å². The van der Waals surface area contributed by atoms with Crippen LogP contribution >= 0.6 is 0 Å². The molecular weight excluding hydrogens is 336 g/mol. The van der Waals surface area contributed by atoms with Crippen molar-refractivity contribution in [3.8, 4) is 0 Å². The van der Waals surface area contributed by atoms with Crippen molar-refractivity contribution in [2.75, 3.05) is 26.2 Å². The molecule has 0 spiro atoms. The lowest BCUT2D eigenvalue weighted by atomic mass is 9.97. The molecule has 3 heterocycles. The average Bonchev–Trinajstić information content (AvgIpc) is 2.67. The van der Waals surface area contributed by atoms with Gasteiger partial charge in [0.25, 0.3) is 0 Å². The number of ether oxygens (including phenoxy) is 1. The molecule has 4 rings (SSSR count). The number of pyridine rings is 1. The largest absolute Gasteiger partial charge is 0.375 e. The number of rotatable bonds is 4. The number of benzene rings is 1. The fourth-order valence-corrected chi connectivity index (χ4v) is 3.98. The van der Waals surface area contributed by atoms with Gasteiger partial charge >= 0.3 is 0 Å². The molecule has 6 heteroatoms. The monoisotopic (exact) mass is 359 g/mol. The van der Waals surface area contributed by atoms with Crippen molar-refractivity contribution in [1.82, 2.24) is 14.8 Å². The van der Waals surface area contributed by atoms with Gasteiger partial charge in [-0.15, -0.1) is 0 Å². The number of aromatic nitrogens is 1. The Balaban J connectivity index is 1.45. The first kappa shape index (κ1) is 17.5. The second-order valence-corrected chi connectivity index (χ2v) is 7.04. The number of morpholine rings is 1. The van der Waals surface area contributed by atoms with E-state index in [1.54, 1.807) is 12.1 Å². The summed E-state index contributed by atoms with van der Waals surface area (Å²) >= 11 is 0. The van der Waals surface area contributed by atoms with Crippen molar-refractivity contribution in [3.05, 3.63) is 65.5 Å². The Morgan fingerprint density at radius 2 is 1.92 bits per heavy atom. The van der Waals surface area contributed by atoms with Crippen LogP contribution in [-0.2, 0) is 17.8 Å². The Labute approximate surface area is 152 Å². The molecule has 138 valence electrons. The topological polar surface area (TPSA) is 28.6 Å². The fraction of sp³-hybridized carbons (Fsp3) is 0.450. The summed E-state index contributed by atoms with van der Waals surface area (Å²) in [5, 5.41) is 0. The number of fused-ring (bicyclic) bond motifs is 1. The summed E-state index contributed by atoms with van der Waals surface area (Å²) in [7, 11) is 0. The molecule has 0 unspecified atom stereocenters. The molecule has 2 atom stereocenters. The molecule has 0 N–H and O–H groups in total. The minimum atomic E-state index is -0.780. The molecule has 0 aliphatic carbocycles. The van der Waals surface area contributed by atoms with Crippen LogP contribution in [0.2, 0.25) is 0 Å². The molecule has 2 aliphatic rings. The summed E-state index contributed by atoms with van der Waals surface area (Å²) in [6.07, 6.45) is 4.74. The molecule has 2 fully saturated rings. The van der Waals surface area contributed by atoms with E-state index in [2.05, 4.69) is 14.8 Å². The zero-order valence-corrected chi connectivity index (χ0v) is 14.7. The van der Waals surface area contributed by atoms with Crippen LogP contribution in [-0.4, -0.2) is 53.2 Å². The minimum Gasteiger partial charge on any atom is -0.375 e. The van der Waals surface area contributed by atoms with Crippen LogP contribution < -0.4 is 0 Å². The molecule has 0 bridgehead atoms. The van der Waals surface area contributed by atoms with Crippen LogP contribution in [0.3, 0.4) is 0 Å². The molecule has 1 aromatic carbocycles. The van der Waals surface area contributed by atoms with Crippen molar-refractivity contribution >= 4 is 0 Å². The zero-order valence-electron chi connectivity index (χ0n) is 14.7. The third kappa shape index (κ3) is 3.77. The summed E-state index contributed by atoms with van der Waals surface area (Å²) in [5.74, 6) is -1.51. The first-order valence-electron chi connectivity index (χ1n) is 9.10. The molecule has 2 aliphatic heterocycles. The smallest absolute Gasteiger partial charge is 0.163 e. The molecule has 4 nitrogen and oxygen atoms in total. The van der Waals surface area contributed by atoms with Gasteiger partial charge in [0.2, 0.25) is 0 Å². The van der Waals surface area contributed by atoms with Crippen molar-refractivity contribution in [2.45, 2.75) is 31.7 Å². The predicted molar refractivity (Wildman–Crippen MR) is 94.4 cm³/mol. The summed E-state index contributed by atoms with van der Waals surface area (Å²) in [6.45, 7) is 4.54. The second kappa shape index (κ2) is 7.78. The van der Waals surface area contributed by atoms with E-state index in [9.17, 15) is 8.78 Å². The lowest BCUT2D eigenvalue weighted by Gasteiger charge is -2.47. The van der Waals surface area contributed by atoms with E-state index in [1.807, 2.05) is 24.5 Å². The first-order valence-corrected chi connectivity index (χ1v) is 9.10. The van der Waals surface area contributed by atoms with E-state index in [-0.39, 0.29) is 12.1 Å². The van der Waals surface area contributed by atoms with Gasteiger partial charge < -0.3 is 4.74 Å². The standard InChI is InChI=1S/C20H23F2N3O/c21-17-3-1-2-16(20(17)22)13-24-9-6-19-18(14-24)25(10-11-26-19)12-15-4-7-23-8-5-15/h1-5,7-8,18-19H,6,9-14H2/t18-,19-/m1/s1. The molecule has 0 amide bonds. The number of hydrogen-bond donors (Lipinski definition) is 0. The lowest BCUT2D eigenvalue weighted by Crippen LogP contribution is -2.59. The van der Waals surface area contributed by atoms with E-state index in [1.165, 1.54) is 5.56 Å². The molecule has 1 aromatic heterocycles. The summed E-state index contributed by atoms with van der Waals surface area (Å²) in [5.41, 5.74) is 1.65. The Hall–Kier alpha value is -1.89. The highest BCUT2D eigenvalue weighted by molar-refractivity contribution is 5.19. The van der Waals surface area contributed by atoms with Crippen LogP contribution in [0.4, 0.5) is 8.78 Å². The summed E-state index contributed by atoms with van der Waals surface area (Å²) < 4.78 is 33.5. The number of likely N-dealkylation sites (tertiary alicyclic amines) is 1. The maximum Gasteiger partial charge on any atom is 0.163 e. The molecule has 0 radical (unpaired) electrons. The SMILES string of the molecule is Fc1cccc(CN2CC[C@H]3OCCN(Cc4ccncc4)[C@@H]3C2)c1F. The molecule has 0 saturated carbocycles. The van der Waals surface area contributed by atoms with Crippen LogP contribution in [0.5, 0.6) is 0 Å². The van der Waals surface area contributed by atoms with E-state index in [0.717, 1.165) is 45.3 Å². The highest BCUT2D eigenvalue weighted by Gasteiger charge is 2.37. The summed E-state index contributed by atoms with van der Waals surface area (Å²) in [6, 6.07) is 8.73. The Morgan fingerprint density at radius 1 is 1.08 bits per heavy atom. The van der Waals surface area contributed by atoms with Crippen molar-refractivity contribution < 1.29 is 13.5 Å². The van der Waals surface area contributed by atoms with E-state index in [4.69, 9.17) is 4.74 Å². The number of halogens is 2. The van der Waals surface area contributed by atoms with E-state index >= 15 is 0 Å². The third-order valence-corrected chi connectivity index (χ3v) is 5.34. The van der Waals surface area contributed by atoms with E-state index < -0.39 is 11.6 Å². The Morgan fingerprint density at radius 3 is 2.77 bits per heavy atom. The zero-order chi connectivity index (χ0) is 17.9. The Bertz CT molecular complexity index is 743. The van der Waals surface area contributed by atoms with Crippen LogP contribution in [0, 0.1) is 11.6 Å². The average molecular weight is 359 g/mol. The van der Waals surface area contributed by atoms with Gasteiger partial charge in [0.15, 0.2) is 11.6 Å². The fourth-order valence-electron chi connectivity index (χ4n) is 3.98. The van der Waals surface area contributed by atoms with Gasteiger partial charge in [-0.2, -0.15) is 0 Å². The van der Waals surface area contributed by atoms with Gasteiger partial charge in [0.1, 0.15) is 0 Å². The number of piperidine rings is 1. The van der Waals surface area contributed by atoms with Crippen molar-refractivity contribution in [3.63, 3.8) is 0 Å². The normalized spacial score (nSPS) is 24.4. The van der Waals surface area contributed by atoms with Crippen LogP contribution in [0.1, 0.15) is 17.5 Å². The van der Waals surface area contributed by atoms with Crippen molar-refractivity contribution in [1.29, 1.82) is 0 Å². The minimum absolute atomic E-state index is 0.208. The molecule has 26 heavy (non-hydrogen) atoms. The van der Waals surface area contributed by atoms with Crippen LogP contribution in [0.25, 0.3) is 0 Å². The molecule has 2 aromatic rings. The van der Waals surface area contributed by atoms with Gasteiger partial charge in [-0.05, 0) is 30.2 Å². The van der Waals surface area contributed by atoms with Crippen LogP contribution in [0.15, 0.2) is 42.7 Å². The Kier molecular flexibility index (Phi) is 5.24. The highest BCUT2D eigenvalue weighted by Crippen LogP contribution is 2.26. The maximum absolute atomic E-state index is 14.0. The highest BCUT2D eigenvalue weighted by atomic mass is 19.2. The van der Waals surface area contributed by atoms with Gasteiger partial charge in [0, 0.05) is 56.7 Å². The maximum atomic E-state index is 14.0. The van der Waals surface area contributed by atoms with E-state index in [0.29, 0.717) is 12.1 Å². The van der Waals surface area contributed by atoms with Crippen molar-refractivity contribution in [2.24, 2.45) is 0 Å². The van der Waals surface area contributed by atoms with Gasteiger partial charge in [0.05, 0.1) is 12.7 Å². The summed E-state index contributed by atoms with van der Waals surface area (Å²) in [4.78, 5) is 8.72. The number of nitrogens with zero attached hydrogens (tertiary/aromatic N) is 3. The second-order valence-electron chi connectivity index (χ2n) is 7.04. The van der Waals surface area contributed by atoms with Gasteiger partial charge in [-0.1, -0.05) is 12.1 Å². The molecular formula is C20H23F2N3O. The third-order valence-electron chi connectivity index (χ3n) is 5.34. The predicted octanol–water partition coefficient (Wildman–Crippen LogP) is 2.84.